The Labute approximate surface area is 192 Å². The molecule has 4 atom stereocenters. The van der Waals surface area contributed by atoms with Crippen LogP contribution in [0, 0.1) is 23.7 Å². The lowest BCUT2D eigenvalue weighted by Gasteiger charge is -2.16. The van der Waals surface area contributed by atoms with E-state index in [9.17, 15) is 19.5 Å². The normalized spacial score (nSPS) is 25.3. The van der Waals surface area contributed by atoms with Gasteiger partial charge in [0.1, 0.15) is 6.61 Å². The predicted molar refractivity (Wildman–Crippen MR) is 122 cm³/mol. The fourth-order valence-electron chi connectivity index (χ4n) is 5.34. The van der Waals surface area contributed by atoms with E-state index in [1.165, 1.54) is 22.3 Å². The molecule has 5 rings (SSSR count). The molecule has 0 bridgehead atoms. The number of alkyl carbamates (subject to hydrolysis) is 1. The van der Waals surface area contributed by atoms with E-state index in [1.807, 2.05) is 31.2 Å². The van der Waals surface area contributed by atoms with E-state index in [0.29, 0.717) is 19.5 Å². The number of carbonyl (C=O) groups excluding carboxylic acids is 2. The number of nitrogens with zero attached hydrogens (tertiary/aromatic N) is 1. The van der Waals surface area contributed by atoms with Gasteiger partial charge in [-0.2, -0.15) is 0 Å². The van der Waals surface area contributed by atoms with Crippen molar-refractivity contribution in [3.8, 4) is 11.1 Å². The fourth-order valence-corrected chi connectivity index (χ4v) is 5.34. The first-order valence-corrected chi connectivity index (χ1v) is 11.5. The molecule has 2 unspecified atom stereocenters. The van der Waals surface area contributed by atoms with Crippen LogP contribution in [0.5, 0.6) is 0 Å². The number of hydrogen-bond acceptors (Lipinski definition) is 4. The molecule has 2 aromatic rings. The van der Waals surface area contributed by atoms with E-state index >= 15 is 0 Å². The molecule has 7 nitrogen and oxygen atoms in total. The number of rotatable bonds is 6. The minimum atomic E-state index is -0.845. The van der Waals surface area contributed by atoms with Crippen LogP contribution in [0.4, 0.5) is 4.79 Å². The number of carboxylic acid groups (broad SMARTS) is 1. The molecule has 33 heavy (non-hydrogen) atoms. The standard InChI is InChI=1S/C26H28N2O5/c1-15-12-28(13-22(15)25(30)31)24(29)21-10-16(21)11-27-26(32)33-14-23-19-8-4-2-6-17(19)18-7-3-5-9-20(18)23/h2-9,15-16,21-23H,10-14H2,1H3,(H,27,32)(H,30,31)/t15?,16-,21-,22?/m0/s1. The molecule has 1 saturated heterocycles. The summed E-state index contributed by atoms with van der Waals surface area (Å²) in [6.45, 7) is 3.28. The number of nitrogens with one attached hydrogen (secondary N) is 1. The Hall–Kier alpha value is -3.35. The molecule has 172 valence electrons. The van der Waals surface area contributed by atoms with Crippen molar-refractivity contribution in [2.45, 2.75) is 19.3 Å². The van der Waals surface area contributed by atoms with E-state index in [0.717, 1.165) is 0 Å². The predicted octanol–water partition coefficient (Wildman–Crippen LogP) is 3.34. The van der Waals surface area contributed by atoms with Gasteiger partial charge in [0, 0.05) is 31.5 Å². The Kier molecular flexibility index (Phi) is 5.56. The maximum absolute atomic E-state index is 12.7. The molecule has 0 aromatic heterocycles. The fraction of sp³-hybridized carbons (Fsp3) is 0.423. The van der Waals surface area contributed by atoms with E-state index in [-0.39, 0.29) is 42.7 Å². The average Bonchev–Trinajstić information content (AvgIpc) is 3.38. The van der Waals surface area contributed by atoms with Crippen LogP contribution in [0.2, 0.25) is 0 Å². The van der Waals surface area contributed by atoms with E-state index in [2.05, 4.69) is 29.6 Å². The van der Waals surface area contributed by atoms with E-state index in [1.54, 1.807) is 4.90 Å². The van der Waals surface area contributed by atoms with Crippen molar-refractivity contribution in [3.05, 3.63) is 59.7 Å². The van der Waals surface area contributed by atoms with Crippen LogP contribution in [0.3, 0.4) is 0 Å². The third-order valence-electron chi connectivity index (χ3n) is 7.33. The zero-order chi connectivity index (χ0) is 23.1. The highest BCUT2D eigenvalue weighted by atomic mass is 16.5. The largest absolute Gasteiger partial charge is 0.481 e. The molecule has 1 aliphatic heterocycles. The maximum atomic E-state index is 12.7. The number of carbonyl (C=O) groups is 3. The lowest BCUT2D eigenvalue weighted by Crippen LogP contribution is -2.33. The number of benzene rings is 2. The highest BCUT2D eigenvalue weighted by Crippen LogP contribution is 2.44. The van der Waals surface area contributed by atoms with Gasteiger partial charge >= 0.3 is 12.1 Å². The van der Waals surface area contributed by atoms with Crippen molar-refractivity contribution in [1.29, 1.82) is 0 Å². The van der Waals surface area contributed by atoms with Crippen LogP contribution in [0.1, 0.15) is 30.4 Å². The van der Waals surface area contributed by atoms with Gasteiger partial charge in [-0.3, -0.25) is 9.59 Å². The van der Waals surface area contributed by atoms with Crippen LogP contribution >= 0.6 is 0 Å². The van der Waals surface area contributed by atoms with E-state index < -0.39 is 18.0 Å². The van der Waals surface area contributed by atoms with Crippen molar-refractivity contribution in [2.24, 2.45) is 23.7 Å². The van der Waals surface area contributed by atoms with Crippen molar-refractivity contribution in [1.82, 2.24) is 10.2 Å². The SMILES string of the molecule is CC1CN(C(=O)[C@H]2C[C@H]2CNC(=O)OCC2c3ccccc3-c3ccccc32)CC1C(=O)O. The topological polar surface area (TPSA) is 95.9 Å². The number of fused-ring (bicyclic) bond motifs is 3. The average molecular weight is 449 g/mol. The van der Waals surface area contributed by atoms with Crippen molar-refractivity contribution < 1.29 is 24.2 Å². The summed E-state index contributed by atoms with van der Waals surface area (Å²) < 4.78 is 5.56. The van der Waals surface area contributed by atoms with Gasteiger partial charge in [-0.25, -0.2) is 4.79 Å². The van der Waals surface area contributed by atoms with Crippen LogP contribution in [0.25, 0.3) is 11.1 Å². The summed E-state index contributed by atoms with van der Waals surface area (Å²) in [6, 6.07) is 16.4. The highest BCUT2D eigenvalue weighted by Gasteiger charge is 2.48. The summed E-state index contributed by atoms with van der Waals surface area (Å²) in [5.41, 5.74) is 4.70. The second kappa shape index (κ2) is 8.54. The summed E-state index contributed by atoms with van der Waals surface area (Å²) >= 11 is 0. The molecule has 0 radical (unpaired) electrons. The number of aliphatic carboxylic acids is 1. The second-order valence-electron chi connectivity index (χ2n) is 9.47. The summed E-state index contributed by atoms with van der Waals surface area (Å²) in [5.74, 6) is -1.42. The Morgan fingerprint density at radius 2 is 1.64 bits per heavy atom. The number of amides is 2. The molecule has 2 N–H and O–H groups in total. The van der Waals surface area contributed by atoms with Gasteiger partial charge in [0.2, 0.25) is 5.91 Å². The lowest BCUT2D eigenvalue weighted by atomic mass is 9.98. The van der Waals surface area contributed by atoms with Gasteiger partial charge in [-0.05, 0) is 40.5 Å². The molecule has 7 heteroatoms. The third kappa shape index (κ3) is 4.08. The number of likely N-dealkylation sites (tertiary alicyclic amines) is 1. The first kappa shape index (κ1) is 21.5. The molecule has 2 fully saturated rings. The molecule has 3 aliphatic rings. The molecule has 2 aliphatic carbocycles. The zero-order valence-corrected chi connectivity index (χ0v) is 18.6. The van der Waals surface area contributed by atoms with Crippen molar-refractivity contribution >= 4 is 18.0 Å². The Balaban J connectivity index is 1.10. The van der Waals surface area contributed by atoms with Gasteiger partial charge in [0.05, 0.1) is 5.92 Å². The summed E-state index contributed by atoms with van der Waals surface area (Å²) in [4.78, 5) is 38.0. The lowest BCUT2D eigenvalue weighted by molar-refractivity contribution is -0.142. The maximum Gasteiger partial charge on any atom is 0.407 e. The summed E-state index contributed by atoms with van der Waals surface area (Å²) in [5, 5.41) is 12.1. The second-order valence-corrected chi connectivity index (χ2v) is 9.47. The number of hydrogen-bond donors (Lipinski definition) is 2. The van der Waals surface area contributed by atoms with Gasteiger partial charge in [0.15, 0.2) is 0 Å². The first-order chi connectivity index (χ1) is 15.9. The number of carboxylic acids is 1. The van der Waals surface area contributed by atoms with E-state index in [4.69, 9.17) is 4.74 Å². The molecular weight excluding hydrogens is 420 g/mol. The van der Waals surface area contributed by atoms with Gasteiger partial charge in [0.25, 0.3) is 0 Å². The minimum absolute atomic E-state index is 0.00457. The molecule has 1 heterocycles. The quantitative estimate of drug-likeness (QED) is 0.707. The van der Waals surface area contributed by atoms with Crippen molar-refractivity contribution in [3.63, 3.8) is 0 Å². The van der Waals surface area contributed by atoms with Gasteiger partial charge in [-0.1, -0.05) is 55.5 Å². The smallest absolute Gasteiger partial charge is 0.407 e. The highest BCUT2D eigenvalue weighted by molar-refractivity contribution is 5.83. The Morgan fingerprint density at radius 3 is 2.24 bits per heavy atom. The van der Waals surface area contributed by atoms with Crippen LogP contribution < -0.4 is 5.32 Å². The van der Waals surface area contributed by atoms with Crippen LogP contribution in [-0.2, 0) is 14.3 Å². The summed E-state index contributed by atoms with van der Waals surface area (Å²) in [6.07, 6.45) is 0.237. The molecule has 1 saturated carbocycles. The minimum Gasteiger partial charge on any atom is -0.481 e. The molecule has 0 spiro atoms. The third-order valence-corrected chi connectivity index (χ3v) is 7.33. The Morgan fingerprint density at radius 1 is 1.00 bits per heavy atom. The molecule has 2 amide bonds. The summed E-state index contributed by atoms with van der Waals surface area (Å²) in [7, 11) is 0. The first-order valence-electron chi connectivity index (χ1n) is 11.5. The van der Waals surface area contributed by atoms with Crippen LogP contribution in [-0.4, -0.2) is 54.2 Å². The monoisotopic (exact) mass is 448 g/mol. The van der Waals surface area contributed by atoms with Gasteiger partial charge < -0.3 is 20.1 Å². The van der Waals surface area contributed by atoms with Gasteiger partial charge in [-0.15, -0.1) is 0 Å². The molecular formula is C26H28N2O5. The zero-order valence-electron chi connectivity index (χ0n) is 18.6. The molecule has 2 aromatic carbocycles. The number of ether oxygens (including phenoxy) is 1. The van der Waals surface area contributed by atoms with Crippen LogP contribution in [0.15, 0.2) is 48.5 Å². The Bertz CT molecular complexity index is 1050. The van der Waals surface area contributed by atoms with Crippen molar-refractivity contribution in [2.75, 3.05) is 26.2 Å².